The van der Waals surface area contributed by atoms with Crippen molar-refractivity contribution in [2.75, 3.05) is 11.8 Å². The number of anilines is 1. The number of nitriles is 1. The summed E-state index contributed by atoms with van der Waals surface area (Å²) in [6.45, 7) is 0. The minimum Gasteiger partial charge on any atom is -0.497 e. The van der Waals surface area contributed by atoms with Crippen molar-refractivity contribution in [2.24, 2.45) is 0 Å². The normalized spacial score (nSPS) is 11.9. The molecule has 0 aliphatic carbocycles. The van der Waals surface area contributed by atoms with Gasteiger partial charge in [0.2, 0.25) is 0 Å². The highest BCUT2D eigenvalue weighted by Gasteiger charge is 2.18. The number of nitrogens with zero attached hydrogens (tertiary/aromatic N) is 1. The number of allylic oxidation sites excluding steroid dienone is 1. The van der Waals surface area contributed by atoms with Gasteiger partial charge in [-0.3, -0.25) is 9.71 Å². The maximum atomic E-state index is 12.4. The molecule has 3 aromatic rings. The highest BCUT2D eigenvalue weighted by molar-refractivity contribution is 7.96. The molecule has 0 spiro atoms. The molecule has 132 valence electrons. The van der Waals surface area contributed by atoms with Crippen molar-refractivity contribution in [3.8, 4) is 11.8 Å². The monoisotopic (exact) mass is 371 g/mol. The van der Waals surface area contributed by atoms with Gasteiger partial charge in [0, 0.05) is 5.69 Å². The predicted octanol–water partition coefficient (Wildman–Crippen LogP) is 2.44. The Morgan fingerprint density at radius 3 is 2.65 bits per heavy atom. The Bertz CT molecular complexity index is 1180. The van der Waals surface area contributed by atoms with E-state index in [0.717, 1.165) is 0 Å². The second-order valence-electron chi connectivity index (χ2n) is 5.22. The van der Waals surface area contributed by atoms with Crippen LogP contribution in [0.25, 0.3) is 17.2 Å². The summed E-state index contributed by atoms with van der Waals surface area (Å²) in [5, 5.41) is 9.27. The smallest absolute Gasteiger partial charge is 0.417 e. The maximum Gasteiger partial charge on any atom is 0.417 e. The summed E-state index contributed by atoms with van der Waals surface area (Å²) in [6.07, 6.45) is 1.20. The van der Waals surface area contributed by atoms with Gasteiger partial charge in [-0.25, -0.2) is 13.2 Å². The molecule has 0 aliphatic rings. The van der Waals surface area contributed by atoms with E-state index in [-0.39, 0.29) is 0 Å². The lowest BCUT2D eigenvalue weighted by molar-refractivity contribution is 0.415. The Morgan fingerprint density at radius 2 is 2.00 bits per heavy atom. The van der Waals surface area contributed by atoms with Gasteiger partial charge in [-0.05, 0) is 48.0 Å². The zero-order valence-electron chi connectivity index (χ0n) is 13.5. The van der Waals surface area contributed by atoms with Gasteiger partial charge in [-0.2, -0.15) is 5.26 Å². The number of methoxy groups -OCH3 is 1. The quantitative estimate of drug-likeness (QED) is 0.664. The first-order valence-electron chi connectivity index (χ1n) is 7.33. The van der Waals surface area contributed by atoms with E-state index in [0.29, 0.717) is 28.1 Å². The third-order valence-electron chi connectivity index (χ3n) is 3.48. The zero-order chi connectivity index (χ0) is 18.7. The number of aromatic nitrogens is 1. The third kappa shape index (κ3) is 3.60. The number of H-pyrrole nitrogens is 1. The lowest BCUT2D eigenvalue weighted by Crippen LogP contribution is -2.14. The summed E-state index contributed by atoms with van der Waals surface area (Å²) < 4.78 is 37.1. The van der Waals surface area contributed by atoms with Gasteiger partial charge in [-0.15, -0.1) is 0 Å². The van der Waals surface area contributed by atoms with Crippen LogP contribution in [0.3, 0.4) is 0 Å². The average molecular weight is 371 g/mol. The first-order chi connectivity index (χ1) is 12.4. The van der Waals surface area contributed by atoms with Crippen LogP contribution in [0.5, 0.6) is 5.75 Å². The highest BCUT2D eigenvalue weighted by Crippen LogP contribution is 2.21. The summed E-state index contributed by atoms with van der Waals surface area (Å²) in [5.41, 5.74) is 1.46. The molecule has 0 aliphatic heterocycles. The first-order valence-corrected chi connectivity index (χ1v) is 8.81. The molecule has 0 fully saturated rings. The Kier molecular flexibility index (Phi) is 4.51. The van der Waals surface area contributed by atoms with Gasteiger partial charge in [0.25, 0.3) is 10.0 Å². The standard InChI is InChI=1S/C17H13N3O5S/c1-24-13-5-3-12(4-6-13)20-26(22,23)14(10-18)8-11-2-7-16-15(9-11)19-17(21)25-16/h2-9,20H,1H3,(H,19,21)/b14-8-. The Labute approximate surface area is 148 Å². The van der Waals surface area contributed by atoms with E-state index in [1.807, 2.05) is 0 Å². The highest BCUT2D eigenvalue weighted by atomic mass is 32.2. The van der Waals surface area contributed by atoms with Crippen LogP contribution >= 0.6 is 0 Å². The van der Waals surface area contributed by atoms with Crippen LogP contribution in [-0.4, -0.2) is 20.5 Å². The Morgan fingerprint density at radius 1 is 1.27 bits per heavy atom. The van der Waals surface area contributed by atoms with E-state index < -0.39 is 20.7 Å². The molecule has 0 saturated heterocycles. The fourth-order valence-corrected chi connectivity index (χ4v) is 3.22. The molecular weight excluding hydrogens is 358 g/mol. The molecule has 0 saturated carbocycles. The summed E-state index contributed by atoms with van der Waals surface area (Å²) >= 11 is 0. The number of aromatic amines is 1. The SMILES string of the molecule is COc1ccc(NS(=O)(=O)/C(C#N)=C\c2ccc3oc(=O)[nH]c3c2)cc1. The van der Waals surface area contributed by atoms with E-state index in [9.17, 15) is 18.5 Å². The molecule has 1 aromatic heterocycles. The van der Waals surface area contributed by atoms with Gasteiger partial charge >= 0.3 is 5.76 Å². The van der Waals surface area contributed by atoms with Crippen LogP contribution in [0.15, 0.2) is 56.6 Å². The summed E-state index contributed by atoms with van der Waals surface area (Å²) in [4.78, 5) is 13.2. The number of nitrogens with one attached hydrogen (secondary N) is 2. The van der Waals surface area contributed by atoms with E-state index in [1.54, 1.807) is 24.3 Å². The fraction of sp³-hybridized carbons (Fsp3) is 0.0588. The topological polar surface area (TPSA) is 125 Å². The molecule has 0 amide bonds. The number of oxazole rings is 1. The number of hydrogen-bond donors (Lipinski definition) is 2. The van der Waals surface area contributed by atoms with Gasteiger partial charge < -0.3 is 9.15 Å². The van der Waals surface area contributed by atoms with Crippen LogP contribution in [0, 0.1) is 11.3 Å². The van der Waals surface area contributed by atoms with Crippen LogP contribution in [-0.2, 0) is 10.0 Å². The minimum atomic E-state index is -4.08. The summed E-state index contributed by atoms with van der Waals surface area (Å²) in [6, 6.07) is 12.5. The van der Waals surface area contributed by atoms with E-state index >= 15 is 0 Å². The number of hydrogen-bond acceptors (Lipinski definition) is 6. The van der Waals surface area contributed by atoms with Crippen molar-refractivity contribution in [3.05, 3.63) is 63.5 Å². The molecular formula is C17H13N3O5S. The average Bonchev–Trinajstić information content (AvgIpc) is 2.99. The molecule has 0 bridgehead atoms. The van der Waals surface area contributed by atoms with Gasteiger partial charge in [0.05, 0.1) is 12.6 Å². The molecule has 8 nitrogen and oxygen atoms in total. The number of fused-ring (bicyclic) bond motifs is 1. The van der Waals surface area contributed by atoms with Crippen LogP contribution < -0.4 is 15.2 Å². The summed E-state index contributed by atoms with van der Waals surface area (Å²) in [7, 11) is -2.58. The Balaban J connectivity index is 1.92. The van der Waals surface area contributed by atoms with Crippen molar-refractivity contribution in [3.63, 3.8) is 0 Å². The van der Waals surface area contributed by atoms with Crippen molar-refractivity contribution in [2.45, 2.75) is 0 Å². The number of benzene rings is 2. The largest absolute Gasteiger partial charge is 0.497 e. The van der Waals surface area contributed by atoms with Crippen LogP contribution in [0.1, 0.15) is 5.56 Å². The summed E-state index contributed by atoms with van der Waals surface area (Å²) in [5.74, 6) is -0.0400. The molecule has 0 unspecified atom stereocenters. The predicted molar refractivity (Wildman–Crippen MR) is 96.0 cm³/mol. The molecule has 3 rings (SSSR count). The van der Waals surface area contributed by atoms with Crippen molar-refractivity contribution in [1.82, 2.24) is 4.98 Å². The molecule has 9 heteroatoms. The lowest BCUT2D eigenvalue weighted by atomic mass is 10.2. The molecule has 26 heavy (non-hydrogen) atoms. The molecule has 1 heterocycles. The van der Waals surface area contributed by atoms with Crippen molar-refractivity contribution < 1.29 is 17.6 Å². The molecule has 2 N–H and O–H groups in total. The van der Waals surface area contributed by atoms with E-state index in [4.69, 9.17) is 9.15 Å². The maximum absolute atomic E-state index is 12.4. The zero-order valence-corrected chi connectivity index (χ0v) is 14.3. The van der Waals surface area contributed by atoms with Crippen LogP contribution in [0.4, 0.5) is 5.69 Å². The fourth-order valence-electron chi connectivity index (χ4n) is 2.25. The number of ether oxygens (including phenoxy) is 1. The minimum absolute atomic E-state index is 0.293. The van der Waals surface area contributed by atoms with Gasteiger partial charge in [0.15, 0.2) is 10.5 Å². The van der Waals surface area contributed by atoms with Crippen LogP contribution in [0.2, 0.25) is 0 Å². The first kappa shape index (κ1) is 17.3. The molecule has 2 aromatic carbocycles. The lowest BCUT2D eigenvalue weighted by Gasteiger charge is -2.08. The molecule has 0 atom stereocenters. The third-order valence-corrected chi connectivity index (χ3v) is 4.78. The number of rotatable bonds is 5. The van der Waals surface area contributed by atoms with E-state index in [2.05, 4.69) is 9.71 Å². The Hall–Kier alpha value is -3.51. The second kappa shape index (κ2) is 6.78. The molecule has 0 radical (unpaired) electrons. The van der Waals surface area contributed by atoms with Gasteiger partial charge in [0.1, 0.15) is 11.8 Å². The number of sulfonamides is 1. The second-order valence-corrected chi connectivity index (χ2v) is 6.88. The van der Waals surface area contributed by atoms with Crippen molar-refractivity contribution in [1.29, 1.82) is 5.26 Å². The van der Waals surface area contributed by atoms with Gasteiger partial charge in [-0.1, -0.05) is 6.07 Å². The van der Waals surface area contributed by atoms with E-state index in [1.165, 1.54) is 37.5 Å². The van der Waals surface area contributed by atoms with Crippen molar-refractivity contribution >= 4 is 32.9 Å².